The maximum absolute atomic E-state index is 14.0. The van der Waals surface area contributed by atoms with Gasteiger partial charge in [0, 0.05) is 27.6 Å². The Labute approximate surface area is 220 Å². The van der Waals surface area contributed by atoms with Crippen LogP contribution in [0.3, 0.4) is 0 Å². The van der Waals surface area contributed by atoms with Gasteiger partial charge >= 0.3 is 5.97 Å². The molecule has 6 nitrogen and oxygen atoms in total. The lowest BCUT2D eigenvalue weighted by Gasteiger charge is -2.67. The molecule has 1 aromatic heterocycles. The van der Waals surface area contributed by atoms with E-state index >= 15 is 0 Å². The standard InChI is InChI=1S/C31H42O6/c1-8-17(2)27(35)37-23-15-21-29(5)13-11-22(32)28(3,4)25(29)24(33)26(34)31(21,7)20-10-9-19(30(20,23)6)18-12-14-36-16-18/h11-14,16-17,19-21,23,25-26,34H,8-10,15H2,1-7H3/t17?,19-,20+,21+,23-,25?,26+,29+,30-,31-/m0/s1. The summed E-state index contributed by atoms with van der Waals surface area (Å²) in [6.07, 6.45) is 8.36. The number of hydrogen-bond donors (Lipinski definition) is 1. The van der Waals surface area contributed by atoms with E-state index in [1.165, 1.54) is 0 Å². The van der Waals surface area contributed by atoms with Gasteiger partial charge in [-0.2, -0.15) is 0 Å². The molecule has 1 heterocycles. The number of carbonyl (C=O) groups excluding carboxylic acids is 3. The first-order valence-electron chi connectivity index (χ1n) is 13.9. The minimum atomic E-state index is -1.19. The lowest BCUT2D eigenvalue weighted by Crippen LogP contribution is -2.71. The number of aliphatic hydroxyl groups is 1. The van der Waals surface area contributed by atoms with Crippen molar-refractivity contribution in [2.45, 2.75) is 92.3 Å². The fraction of sp³-hybridized carbons (Fsp3) is 0.710. The largest absolute Gasteiger partial charge is 0.472 e. The number of fused-ring (bicyclic) bond motifs is 5. The molecule has 1 N–H and O–H groups in total. The highest BCUT2D eigenvalue weighted by molar-refractivity contribution is 6.02. The number of ketones is 2. The fourth-order valence-electron chi connectivity index (χ4n) is 9.43. The molecule has 3 saturated carbocycles. The number of ether oxygens (including phenoxy) is 1. The van der Waals surface area contributed by atoms with Crippen molar-refractivity contribution in [3.05, 3.63) is 36.3 Å². The lowest BCUT2D eigenvalue weighted by molar-refractivity contribution is -0.234. The van der Waals surface area contributed by atoms with Crippen molar-refractivity contribution >= 4 is 17.5 Å². The molecule has 0 saturated heterocycles. The minimum Gasteiger partial charge on any atom is -0.472 e. The first kappa shape index (κ1) is 26.4. The summed E-state index contributed by atoms with van der Waals surface area (Å²) in [5.74, 6) is -1.47. The highest BCUT2D eigenvalue weighted by Crippen LogP contribution is 2.73. The Kier molecular flexibility index (Phi) is 5.99. The SMILES string of the molecule is CCC(C)C(=O)O[C@H]1C[C@H]2[C@](C)([C@@H]3CC[C@@H](c4ccoc4)[C@@]31C)[C@H](O)C(=O)C1C(C)(C)C(=O)C=C[C@@]12C. The molecule has 0 radical (unpaired) electrons. The number of esters is 1. The van der Waals surface area contributed by atoms with Crippen LogP contribution in [0.5, 0.6) is 0 Å². The van der Waals surface area contributed by atoms with Gasteiger partial charge in [0.1, 0.15) is 12.2 Å². The van der Waals surface area contributed by atoms with E-state index in [0.717, 1.165) is 18.4 Å². The van der Waals surface area contributed by atoms with Gasteiger partial charge in [0.25, 0.3) is 0 Å². The molecule has 0 bridgehead atoms. The summed E-state index contributed by atoms with van der Waals surface area (Å²) in [7, 11) is 0. The second kappa shape index (κ2) is 8.39. The first-order chi connectivity index (χ1) is 17.2. The normalized spacial score (nSPS) is 45.1. The quantitative estimate of drug-likeness (QED) is 0.538. The number of aliphatic hydroxyl groups excluding tert-OH is 1. The zero-order chi connectivity index (χ0) is 27.1. The van der Waals surface area contributed by atoms with Gasteiger partial charge in [-0.3, -0.25) is 14.4 Å². The monoisotopic (exact) mass is 510 g/mol. The van der Waals surface area contributed by atoms with Gasteiger partial charge in [0.05, 0.1) is 18.4 Å². The molecule has 37 heavy (non-hydrogen) atoms. The van der Waals surface area contributed by atoms with Crippen molar-refractivity contribution in [1.29, 1.82) is 0 Å². The first-order valence-corrected chi connectivity index (χ1v) is 13.9. The van der Waals surface area contributed by atoms with Crippen molar-refractivity contribution in [1.82, 2.24) is 0 Å². The van der Waals surface area contributed by atoms with E-state index in [0.29, 0.717) is 12.8 Å². The molecule has 0 aliphatic heterocycles. The molecular weight excluding hydrogens is 468 g/mol. The van der Waals surface area contributed by atoms with Crippen molar-refractivity contribution in [3.8, 4) is 0 Å². The van der Waals surface area contributed by atoms with Gasteiger partial charge in [0.2, 0.25) is 0 Å². The molecule has 0 amide bonds. The third-order valence-corrected chi connectivity index (χ3v) is 11.6. The minimum absolute atomic E-state index is 0.0563. The van der Waals surface area contributed by atoms with Gasteiger partial charge in [-0.25, -0.2) is 0 Å². The molecule has 0 aromatic carbocycles. The molecule has 202 valence electrons. The van der Waals surface area contributed by atoms with E-state index in [1.807, 2.05) is 39.8 Å². The van der Waals surface area contributed by atoms with Crippen LogP contribution in [0.2, 0.25) is 0 Å². The topological polar surface area (TPSA) is 93.8 Å². The second-order valence-electron chi connectivity index (χ2n) is 13.5. The highest BCUT2D eigenvalue weighted by atomic mass is 16.5. The van der Waals surface area contributed by atoms with Gasteiger partial charge in [-0.15, -0.1) is 0 Å². The summed E-state index contributed by atoms with van der Waals surface area (Å²) in [6.45, 7) is 13.9. The highest BCUT2D eigenvalue weighted by Gasteiger charge is 2.74. The number of carbonyl (C=O) groups is 3. The molecule has 3 fully saturated rings. The van der Waals surface area contributed by atoms with E-state index < -0.39 is 33.7 Å². The third kappa shape index (κ3) is 3.30. The van der Waals surface area contributed by atoms with E-state index in [1.54, 1.807) is 18.6 Å². The second-order valence-corrected chi connectivity index (χ2v) is 13.5. The smallest absolute Gasteiger partial charge is 0.308 e. The molecule has 2 unspecified atom stereocenters. The summed E-state index contributed by atoms with van der Waals surface area (Å²) in [5.41, 5.74) is -1.69. The van der Waals surface area contributed by atoms with Crippen LogP contribution in [-0.2, 0) is 19.1 Å². The zero-order valence-corrected chi connectivity index (χ0v) is 23.2. The average Bonchev–Trinajstić information content (AvgIpc) is 3.49. The Hall–Kier alpha value is -2.21. The summed E-state index contributed by atoms with van der Waals surface area (Å²) in [4.78, 5) is 40.2. The van der Waals surface area contributed by atoms with Crippen LogP contribution in [0.1, 0.15) is 85.6 Å². The zero-order valence-electron chi connectivity index (χ0n) is 23.2. The summed E-state index contributed by atoms with van der Waals surface area (Å²) in [6, 6.07) is 1.98. The van der Waals surface area contributed by atoms with Crippen molar-refractivity contribution < 1.29 is 28.6 Å². The molecular formula is C31H42O6. The van der Waals surface area contributed by atoms with Crippen LogP contribution in [0.4, 0.5) is 0 Å². The van der Waals surface area contributed by atoms with Crippen LogP contribution in [0.15, 0.2) is 35.2 Å². The molecule has 5 rings (SSSR count). The van der Waals surface area contributed by atoms with Crippen molar-refractivity contribution in [3.63, 3.8) is 0 Å². The Morgan fingerprint density at radius 3 is 2.46 bits per heavy atom. The van der Waals surface area contributed by atoms with Crippen LogP contribution in [0.25, 0.3) is 0 Å². The maximum atomic E-state index is 14.0. The van der Waals surface area contributed by atoms with Crippen LogP contribution < -0.4 is 0 Å². The Morgan fingerprint density at radius 2 is 1.84 bits per heavy atom. The number of Topliss-reactive ketones (excluding diaryl/α,β-unsaturated/α-hetero) is 1. The van der Waals surface area contributed by atoms with Crippen LogP contribution in [-0.4, -0.2) is 34.9 Å². The predicted octanol–water partition coefficient (Wildman–Crippen LogP) is 5.49. The van der Waals surface area contributed by atoms with E-state index in [9.17, 15) is 19.5 Å². The lowest BCUT2D eigenvalue weighted by atomic mass is 9.36. The third-order valence-electron chi connectivity index (χ3n) is 11.6. The van der Waals surface area contributed by atoms with E-state index in [4.69, 9.17) is 9.15 Å². The fourth-order valence-corrected chi connectivity index (χ4v) is 9.43. The molecule has 4 aliphatic rings. The van der Waals surface area contributed by atoms with Crippen molar-refractivity contribution in [2.75, 3.05) is 0 Å². The summed E-state index contributed by atoms with van der Waals surface area (Å²) < 4.78 is 11.9. The Morgan fingerprint density at radius 1 is 1.14 bits per heavy atom. The molecule has 1 aromatic rings. The van der Waals surface area contributed by atoms with E-state index in [2.05, 4.69) is 20.8 Å². The molecule has 0 spiro atoms. The predicted molar refractivity (Wildman–Crippen MR) is 138 cm³/mol. The maximum Gasteiger partial charge on any atom is 0.308 e. The number of allylic oxidation sites excluding steroid dienone is 2. The number of rotatable bonds is 4. The van der Waals surface area contributed by atoms with Gasteiger partial charge in [0.15, 0.2) is 11.6 Å². The molecule has 10 atom stereocenters. The summed E-state index contributed by atoms with van der Waals surface area (Å²) >= 11 is 0. The van der Waals surface area contributed by atoms with Crippen LogP contribution >= 0.6 is 0 Å². The Bertz CT molecular complexity index is 1130. The Balaban J connectivity index is 1.68. The van der Waals surface area contributed by atoms with Gasteiger partial charge < -0.3 is 14.3 Å². The number of hydrogen-bond acceptors (Lipinski definition) is 6. The molecule has 6 heteroatoms. The van der Waals surface area contributed by atoms with Gasteiger partial charge in [-0.1, -0.05) is 54.5 Å². The number of furan rings is 1. The van der Waals surface area contributed by atoms with Gasteiger partial charge in [-0.05, 0) is 61.1 Å². The van der Waals surface area contributed by atoms with Crippen LogP contribution in [0, 0.1) is 45.3 Å². The summed E-state index contributed by atoms with van der Waals surface area (Å²) in [5, 5.41) is 11.9. The van der Waals surface area contributed by atoms with Crippen molar-refractivity contribution in [2.24, 2.45) is 45.3 Å². The average molecular weight is 511 g/mol. The molecule has 4 aliphatic carbocycles. The van der Waals surface area contributed by atoms with E-state index in [-0.39, 0.29) is 47.3 Å².